The van der Waals surface area contributed by atoms with E-state index in [9.17, 15) is 13.6 Å². The molecule has 4 aromatic rings. The molecule has 0 spiro atoms. The predicted octanol–water partition coefficient (Wildman–Crippen LogP) is 5.88. The van der Waals surface area contributed by atoms with Crippen molar-refractivity contribution in [2.75, 3.05) is 5.32 Å². The number of halogens is 2. The Morgan fingerprint density at radius 1 is 1.13 bits per heavy atom. The van der Waals surface area contributed by atoms with Crippen LogP contribution in [0.5, 0.6) is 11.5 Å². The van der Waals surface area contributed by atoms with E-state index in [2.05, 4.69) is 22.0 Å². The molecule has 2 heterocycles. The lowest BCUT2D eigenvalue weighted by Gasteiger charge is -2.05. The molecule has 4 rings (SSSR count). The molecule has 0 aliphatic carbocycles. The number of carbonyl (C=O) groups is 1. The molecule has 0 saturated carbocycles. The van der Waals surface area contributed by atoms with Crippen LogP contribution in [-0.2, 0) is 13.0 Å². The van der Waals surface area contributed by atoms with Crippen molar-refractivity contribution >= 4 is 32.6 Å². The number of carbonyl (C=O) groups excluding carboxylic acids is 1. The van der Waals surface area contributed by atoms with E-state index in [1.54, 1.807) is 18.2 Å². The highest BCUT2D eigenvalue weighted by Gasteiger charge is 2.15. The summed E-state index contributed by atoms with van der Waals surface area (Å²) < 4.78 is 40.9. The van der Waals surface area contributed by atoms with Gasteiger partial charge in [-0.05, 0) is 54.4 Å². The second-order valence-electron chi connectivity index (χ2n) is 6.53. The van der Waals surface area contributed by atoms with Crippen molar-refractivity contribution in [1.82, 2.24) is 4.98 Å². The van der Waals surface area contributed by atoms with Crippen molar-refractivity contribution in [3.63, 3.8) is 0 Å². The number of nitrogens with zero attached hydrogens (tertiary/aromatic N) is 1. The number of hydrogen-bond acceptors (Lipinski definition) is 6. The van der Waals surface area contributed by atoms with Gasteiger partial charge in [-0.1, -0.05) is 30.4 Å². The second kappa shape index (κ2) is 9.13. The highest BCUT2D eigenvalue weighted by molar-refractivity contribution is 7.22. The van der Waals surface area contributed by atoms with Gasteiger partial charge in [0.2, 0.25) is 0 Å². The number of benzene rings is 2. The molecule has 0 atom stereocenters. The van der Waals surface area contributed by atoms with Gasteiger partial charge in [0.15, 0.2) is 10.9 Å². The van der Waals surface area contributed by atoms with Gasteiger partial charge in [0.05, 0.1) is 10.2 Å². The molecule has 2 aromatic heterocycles. The topological polar surface area (TPSA) is 73.6 Å². The van der Waals surface area contributed by atoms with Gasteiger partial charge in [0.25, 0.3) is 5.91 Å². The summed E-state index contributed by atoms with van der Waals surface area (Å²) in [7, 11) is 0. The van der Waals surface area contributed by atoms with E-state index < -0.39 is 12.5 Å². The Labute approximate surface area is 180 Å². The largest absolute Gasteiger partial charge is 0.486 e. The Hall–Kier alpha value is -3.46. The van der Waals surface area contributed by atoms with Crippen molar-refractivity contribution in [3.05, 3.63) is 71.7 Å². The molecule has 0 fully saturated rings. The van der Waals surface area contributed by atoms with Crippen LogP contribution in [0, 0.1) is 0 Å². The summed E-state index contributed by atoms with van der Waals surface area (Å²) >= 11 is 1.14. The standard InChI is InChI=1S/C22H18F2N2O4S/c1-2-13-3-5-14(6-4-13)28-12-16-8-10-18(29-16)20(27)26-22-25-17-9-7-15(30-21(23)24)11-19(17)31-22/h3-11,21H,2,12H2,1H3,(H,25,26,27). The minimum atomic E-state index is -2.91. The van der Waals surface area contributed by atoms with Crippen LogP contribution in [0.1, 0.15) is 28.8 Å². The van der Waals surface area contributed by atoms with Crippen molar-refractivity contribution < 1.29 is 27.5 Å². The summed E-state index contributed by atoms with van der Waals surface area (Å²) in [5.41, 5.74) is 1.78. The predicted molar refractivity (Wildman–Crippen MR) is 113 cm³/mol. The molecular weight excluding hydrogens is 426 g/mol. The SMILES string of the molecule is CCc1ccc(OCc2ccc(C(=O)Nc3nc4ccc(OC(F)F)cc4s3)o2)cc1. The smallest absolute Gasteiger partial charge is 0.387 e. The third-order valence-corrected chi connectivity index (χ3v) is 5.34. The lowest BCUT2D eigenvalue weighted by Crippen LogP contribution is -2.10. The number of hydrogen-bond donors (Lipinski definition) is 1. The molecule has 0 aliphatic heterocycles. The number of nitrogens with one attached hydrogen (secondary N) is 1. The molecule has 160 valence electrons. The fraction of sp³-hybridized carbons (Fsp3) is 0.182. The fourth-order valence-electron chi connectivity index (χ4n) is 2.85. The quantitative estimate of drug-likeness (QED) is 0.367. The van der Waals surface area contributed by atoms with E-state index in [0.717, 1.165) is 17.8 Å². The van der Waals surface area contributed by atoms with Crippen LogP contribution in [0.4, 0.5) is 13.9 Å². The maximum Gasteiger partial charge on any atom is 0.387 e. The number of thiazole rings is 1. The zero-order chi connectivity index (χ0) is 21.8. The molecule has 0 radical (unpaired) electrons. The lowest BCUT2D eigenvalue weighted by molar-refractivity contribution is -0.0497. The number of aromatic nitrogens is 1. The van der Waals surface area contributed by atoms with Gasteiger partial charge < -0.3 is 13.9 Å². The van der Waals surface area contributed by atoms with Crippen LogP contribution in [0.25, 0.3) is 10.2 Å². The van der Waals surface area contributed by atoms with Gasteiger partial charge in [-0.3, -0.25) is 10.1 Å². The van der Waals surface area contributed by atoms with Crippen molar-refractivity contribution in [2.24, 2.45) is 0 Å². The number of aryl methyl sites for hydroxylation is 1. The first-order chi connectivity index (χ1) is 15.0. The van der Waals surface area contributed by atoms with Gasteiger partial charge in [0.1, 0.15) is 23.9 Å². The maximum absolute atomic E-state index is 12.5. The third kappa shape index (κ3) is 5.18. The van der Waals surface area contributed by atoms with E-state index in [0.29, 0.717) is 26.9 Å². The van der Waals surface area contributed by atoms with Crippen LogP contribution in [0.2, 0.25) is 0 Å². The molecule has 31 heavy (non-hydrogen) atoms. The normalized spacial score (nSPS) is 11.1. The molecule has 1 amide bonds. The monoisotopic (exact) mass is 444 g/mol. The van der Waals surface area contributed by atoms with Crippen LogP contribution in [0.3, 0.4) is 0 Å². The van der Waals surface area contributed by atoms with Crippen LogP contribution in [-0.4, -0.2) is 17.5 Å². The van der Waals surface area contributed by atoms with Crippen LogP contribution >= 0.6 is 11.3 Å². The molecule has 1 N–H and O–H groups in total. The number of fused-ring (bicyclic) bond motifs is 1. The van der Waals surface area contributed by atoms with E-state index >= 15 is 0 Å². The fourth-order valence-corrected chi connectivity index (χ4v) is 3.74. The zero-order valence-corrected chi connectivity index (χ0v) is 17.2. The van der Waals surface area contributed by atoms with Gasteiger partial charge in [0, 0.05) is 0 Å². The van der Waals surface area contributed by atoms with Gasteiger partial charge >= 0.3 is 6.61 Å². The van der Waals surface area contributed by atoms with E-state index in [-0.39, 0.29) is 18.1 Å². The number of furan rings is 1. The van der Waals surface area contributed by atoms with E-state index in [4.69, 9.17) is 9.15 Å². The van der Waals surface area contributed by atoms with Crippen molar-refractivity contribution in [2.45, 2.75) is 26.6 Å². The molecular formula is C22H18F2N2O4S. The van der Waals surface area contributed by atoms with E-state index in [1.807, 2.05) is 24.3 Å². The van der Waals surface area contributed by atoms with E-state index in [1.165, 1.54) is 17.7 Å². The first kappa shape index (κ1) is 20.8. The number of ether oxygens (including phenoxy) is 2. The summed E-state index contributed by atoms with van der Waals surface area (Å²) in [4.78, 5) is 16.7. The number of rotatable bonds is 8. The summed E-state index contributed by atoms with van der Waals surface area (Å²) in [5.74, 6) is 0.888. The molecule has 9 heteroatoms. The highest BCUT2D eigenvalue weighted by Crippen LogP contribution is 2.30. The second-order valence-corrected chi connectivity index (χ2v) is 7.56. The van der Waals surface area contributed by atoms with Gasteiger partial charge in [-0.2, -0.15) is 8.78 Å². The molecule has 6 nitrogen and oxygen atoms in total. The molecule has 0 aliphatic rings. The highest BCUT2D eigenvalue weighted by atomic mass is 32.1. The Morgan fingerprint density at radius 3 is 2.65 bits per heavy atom. The number of anilines is 1. The van der Waals surface area contributed by atoms with Gasteiger partial charge in [-0.15, -0.1) is 0 Å². The van der Waals surface area contributed by atoms with Crippen LogP contribution in [0.15, 0.2) is 59.0 Å². The Kier molecular flexibility index (Phi) is 6.13. The summed E-state index contributed by atoms with van der Waals surface area (Å²) in [6.45, 7) is -0.636. The van der Waals surface area contributed by atoms with Crippen molar-refractivity contribution in [1.29, 1.82) is 0 Å². The Bertz CT molecular complexity index is 1190. The summed E-state index contributed by atoms with van der Waals surface area (Å²) in [6, 6.07) is 15.4. The molecule has 0 unspecified atom stereocenters. The summed E-state index contributed by atoms with van der Waals surface area (Å²) in [5, 5.41) is 2.97. The maximum atomic E-state index is 12.5. The Morgan fingerprint density at radius 2 is 1.90 bits per heavy atom. The zero-order valence-electron chi connectivity index (χ0n) is 16.4. The first-order valence-corrected chi connectivity index (χ1v) is 10.3. The number of alkyl halides is 2. The Balaban J connectivity index is 1.38. The minimum absolute atomic E-state index is 0.0315. The van der Waals surface area contributed by atoms with Gasteiger partial charge in [-0.25, -0.2) is 4.98 Å². The summed E-state index contributed by atoms with van der Waals surface area (Å²) in [6.07, 6.45) is 0.955. The van der Waals surface area contributed by atoms with Crippen LogP contribution < -0.4 is 14.8 Å². The molecule has 0 bridgehead atoms. The lowest BCUT2D eigenvalue weighted by atomic mass is 10.2. The van der Waals surface area contributed by atoms with Crippen molar-refractivity contribution in [3.8, 4) is 11.5 Å². The molecule has 0 saturated heterocycles. The average molecular weight is 444 g/mol. The number of amides is 1. The third-order valence-electron chi connectivity index (χ3n) is 4.40. The first-order valence-electron chi connectivity index (χ1n) is 9.47. The molecule has 2 aromatic carbocycles. The minimum Gasteiger partial charge on any atom is -0.486 e. The average Bonchev–Trinajstić information content (AvgIpc) is 3.38.